The Hall–Kier alpha value is -1.45. The predicted molar refractivity (Wildman–Crippen MR) is 94.9 cm³/mol. The number of carboxylic acids is 1. The van der Waals surface area contributed by atoms with Crippen LogP contribution in [0.3, 0.4) is 0 Å². The minimum Gasteiger partial charge on any atom is -0.480 e. The van der Waals surface area contributed by atoms with Crippen LogP contribution in [0, 0.1) is 18.8 Å². The molecule has 1 fully saturated rings. The van der Waals surface area contributed by atoms with Gasteiger partial charge in [0.05, 0.1) is 5.92 Å². The number of nitrogens with zero attached hydrogens (tertiary/aromatic N) is 1. The molecular weight excluding hydrogens is 364 g/mol. The smallest absolute Gasteiger partial charge is 0.326 e. The minimum absolute atomic E-state index is 0.0789. The fraction of sp³-hybridized carbons (Fsp3) is 0.625. The quantitative estimate of drug-likeness (QED) is 0.772. The average molecular weight is 389 g/mol. The first-order valence-corrected chi connectivity index (χ1v) is 10.5. The number of carboxylic acid groups (broad SMARTS) is 1. The van der Waals surface area contributed by atoms with Gasteiger partial charge in [0.25, 0.3) is 10.0 Å². The van der Waals surface area contributed by atoms with Gasteiger partial charge in [0.1, 0.15) is 10.3 Å². The Morgan fingerprint density at radius 1 is 1.36 bits per heavy atom. The molecule has 1 aliphatic heterocycles. The van der Waals surface area contributed by atoms with Crippen LogP contribution >= 0.6 is 11.3 Å². The van der Waals surface area contributed by atoms with Crippen molar-refractivity contribution in [1.29, 1.82) is 0 Å². The van der Waals surface area contributed by atoms with Gasteiger partial charge in [0, 0.05) is 18.0 Å². The summed E-state index contributed by atoms with van der Waals surface area (Å²) in [7, 11) is -3.61. The maximum absolute atomic E-state index is 12.7. The standard InChI is InChI=1S/C16H24N2O5S2/c1-10(2)14(16(20)21)17-15(19)12-5-4-8-18(9-12)25(22,23)13-7-6-11(3)24-13/h6-7,10,12,14H,4-5,8-9H2,1-3H3,(H,17,19)(H,20,21)/t12?,14-/m0/s1. The zero-order chi connectivity index (χ0) is 18.8. The molecule has 0 radical (unpaired) electrons. The van der Waals surface area contributed by atoms with E-state index in [2.05, 4.69) is 5.32 Å². The lowest BCUT2D eigenvalue weighted by Gasteiger charge is -2.31. The molecule has 2 heterocycles. The van der Waals surface area contributed by atoms with Gasteiger partial charge in [-0.25, -0.2) is 13.2 Å². The van der Waals surface area contributed by atoms with Crippen molar-refractivity contribution in [2.75, 3.05) is 13.1 Å². The van der Waals surface area contributed by atoms with E-state index in [1.165, 1.54) is 15.6 Å². The van der Waals surface area contributed by atoms with E-state index >= 15 is 0 Å². The fourth-order valence-corrected chi connectivity index (χ4v) is 5.80. The molecular formula is C16H24N2O5S2. The maximum atomic E-state index is 12.7. The number of aryl methyl sites for hydroxylation is 1. The molecule has 1 saturated heterocycles. The van der Waals surface area contributed by atoms with Crippen molar-refractivity contribution >= 4 is 33.2 Å². The molecule has 1 unspecified atom stereocenters. The molecule has 1 aromatic rings. The SMILES string of the molecule is Cc1ccc(S(=O)(=O)N2CCCC(C(=O)N[C@H](C(=O)O)C(C)C)C2)s1. The van der Waals surface area contributed by atoms with Crippen molar-refractivity contribution in [2.45, 2.75) is 43.9 Å². The Labute approximate surface area is 152 Å². The summed E-state index contributed by atoms with van der Waals surface area (Å²) in [6, 6.07) is 2.36. The van der Waals surface area contributed by atoms with Crippen LogP contribution < -0.4 is 5.32 Å². The number of nitrogens with one attached hydrogen (secondary N) is 1. The van der Waals surface area contributed by atoms with Gasteiger partial charge in [-0.1, -0.05) is 13.8 Å². The number of amides is 1. The summed E-state index contributed by atoms with van der Waals surface area (Å²) in [5.74, 6) is -2.27. The molecule has 25 heavy (non-hydrogen) atoms. The largest absolute Gasteiger partial charge is 0.480 e. The lowest BCUT2D eigenvalue weighted by molar-refractivity contribution is -0.144. The van der Waals surface area contributed by atoms with Gasteiger partial charge in [-0.2, -0.15) is 4.31 Å². The number of rotatable bonds is 6. The van der Waals surface area contributed by atoms with Gasteiger partial charge in [-0.3, -0.25) is 4.79 Å². The monoisotopic (exact) mass is 388 g/mol. The van der Waals surface area contributed by atoms with Gasteiger partial charge in [0.2, 0.25) is 5.91 Å². The number of piperidine rings is 1. The van der Waals surface area contributed by atoms with E-state index < -0.39 is 33.9 Å². The van der Waals surface area contributed by atoms with Crippen LogP contribution in [0.25, 0.3) is 0 Å². The normalized spacial score (nSPS) is 20.4. The number of hydrogen-bond donors (Lipinski definition) is 2. The molecule has 9 heteroatoms. The van der Waals surface area contributed by atoms with E-state index in [1.54, 1.807) is 26.0 Å². The highest BCUT2D eigenvalue weighted by Crippen LogP contribution is 2.28. The number of hydrogen-bond acceptors (Lipinski definition) is 5. The Morgan fingerprint density at radius 2 is 2.04 bits per heavy atom. The second kappa shape index (κ2) is 7.84. The highest BCUT2D eigenvalue weighted by molar-refractivity contribution is 7.91. The van der Waals surface area contributed by atoms with E-state index in [9.17, 15) is 23.1 Å². The molecule has 1 aromatic heterocycles. The number of carbonyl (C=O) groups excluding carboxylic acids is 1. The number of thiophene rings is 1. The van der Waals surface area contributed by atoms with Gasteiger partial charge in [-0.05, 0) is 37.8 Å². The van der Waals surface area contributed by atoms with Crippen LogP contribution in [0.5, 0.6) is 0 Å². The molecule has 2 N–H and O–H groups in total. The predicted octanol–water partition coefficient (Wildman–Crippen LogP) is 1.68. The molecule has 0 saturated carbocycles. The van der Waals surface area contributed by atoms with E-state index in [0.29, 0.717) is 19.4 Å². The van der Waals surface area contributed by atoms with E-state index in [0.717, 1.165) is 4.88 Å². The molecule has 0 aromatic carbocycles. The van der Waals surface area contributed by atoms with Crippen LogP contribution in [0.15, 0.2) is 16.3 Å². The molecule has 140 valence electrons. The van der Waals surface area contributed by atoms with Crippen LogP contribution in [-0.2, 0) is 19.6 Å². The number of sulfonamides is 1. The molecule has 0 spiro atoms. The van der Waals surface area contributed by atoms with E-state index in [-0.39, 0.29) is 16.7 Å². The van der Waals surface area contributed by atoms with Gasteiger partial charge in [-0.15, -0.1) is 11.3 Å². The summed E-state index contributed by atoms with van der Waals surface area (Å²) in [5, 5.41) is 11.7. The molecule has 0 aliphatic carbocycles. The summed E-state index contributed by atoms with van der Waals surface area (Å²) >= 11 is 1.21. The number of carbonyl (C=O) groups is 2. The Balaban J connectivity index is 2.10. The second-order valence-electron chi connectivity index (χ2n) is 6.64. The Morgan fingerprint density at radius 3 is 2.56 bits per heavy atom. The highest BCUT2D eigenvalue weighted by atomic mass is 32.2. The molecule has 1 amide bonds. The third-order valence-corrected chi connectivity index (χ3v) is 7.63. The Kier molecular flexibility index (Phi) is 6.23. The van der Waals surface area contributed by atoms with Crippen LogP contribution in [0.2, 0.25) is 0 Å². The second-order valence-corrected chi connectivity index (χ2v) is 10.1. The first kappa shape index (κ1) is 19.9. The average Bonchev–Trinajstić information content (AvgIpc) is 2.99. The first-order chi connectivity index (χ1) is 11.6. The third kappa shape index (κ3) is 4.59. The van der Waals surface area contributed by atoms with Crippen molar-refractivity contribution in [3.05, 3.63) is 17.0 Å². The summed E-state index contributed by atoms with van der Waals surface area (Å²) < 4.78 is 27.0. The van der Waals surface area contributed by atoms with Gasteiger partial charge >= 0.3 is 5.97 Å². The lowest BCUT2D eigenvalue weighted by atomic mass is 9.97. The van der Waals surface area contributed by atoms with Crippen molar-refractivity contribution in [1.82, 2.24) is 9.62 Å². The molecule has 0 bridgehead atoms. The molecule has 2 atom stereocenters. The zero-order valence-corrected chi connectivity index (χ0v) is 16.2. The van der Waals surface area contributed by atoms with Crippen molar-refractivity contribution < 1.29 is 23.1 Å². The Bertz CT molecular complexity index is 741. The van der Waals surface area contributed by atoms with Gasteiger partial charge in [0.15, 0.2) is 0 Å². The maximum Gasteiger partial charge on any atom is 0.326 e. The minimum atomic E-state index is -3.61. The van der Waals surface area contributed by atoms with Crippen LogP contribution in [-0.4, -0.2) is 48.8 Å². The number of aliphatic carboxylic acids is 1. The van der Waals surface area contributed by atoms with Gasteiger partial charge < -0.3 is 10.4 Å². The summed E-state index contributed by atoms with van der Waals surface area (Å²) in [6.07, 6.45) is 1.12. The van der Waals surface area contributed by atoms with Crippen LogP contribution in [0.4, 0.5) is 0 Å². The molecule has 2 rings (SSSR count). The third-order valence-electron chi connectivity index (χ3n) is 4.30. The highest BCUT2D eigenvalue weighted by Gasteiger charge is 2.35. The zero-order valence-electron chi connectivity index (χ0n) is 14.6. The summed E-state index contributed by atoms with van der Waals surface area (Å²) in [4.78, 5) is 24.6. The summed E-state index contributed by atoms with van der Waals surface area (Å²) in [5.41, 5.74) is 0. The van der Waals surface area contributed by atoms with Crippen LogP contribution in [0.1, 0.15) is 31.6 Å². The molecule has 1 aliphatic rings. The first-order valence-electron chi connectivity index (χ1n) is 8.22. The van der Waals surface area contributed by atoms with Crippen molar-refractivity contribution in [3.63, 3.8) is 0 Å². The van der Waals surface area contributed by atoms with Crippen molar-refractivity contribution in [3.8, 4) is 0 Å². The van der Waals surface area contributed by atoms with E-state index in [1.807, 2.05) is 6.92 Å². The summed E-state index contributed by atoms with van der Waals surface area (Å²) in [6.45, 7) is 5.73. The molecule has 7 nitrogen and oxygen atoms in total. The lowest BCUT2D eigenvalue weighted by Crippen LogP contribution is -2.50. The fourth-order valence-electron chi connectivity index (χ4n) is 2.84. The van der Waals surface area contributed by atoms with E-state index in [4.69, 9.17) is 0 Å². The topological polar surface area (TPSA) is 104 Å². The van der Waals surface area contributed by atoms with Crippen molar-refractivity contribution in [2.24, 2.45) is 11.8 Å².